The van der Waals surface area contributed by atoms with Crippen LogP contribution in [0.15, 0.2) is 65.1 Å². The van der Waals surface area contributed by atoms with E-state index in [1.807, 2.05) is 32.3 Å². The standard InChI is InChI=1S/C25H29N3O5S2/c1-27(2)17-20-6-5-7-21(16-20)22-10-12-25(34-22)35(30,31)28-14-13-19(18-28)9-11-23(29)26-33-24-8-3-4-15-32-24/h5-7,9-14,16,18,24H,3-4,8,15,17H2,1-2H3,(H,26,29). The summed E-state index contributed by atoms with van der Waals surface area (Å²) in [6, 6.07) is 13.2. The molecule has 0 spiro atoms. The Morgan fingerprint density at radius 1 is 1.26 bits per heavy atom. The van der Waals surface area contributed by atoms with Crippen molar-refractivity contribution in [3.8, 4) is 10.4 Å². The molecule has 0 bridgehead atoms. The number of carbonyl (C=O) groups excluding carboxylic acids is 1. The fourth-order valence-corrected chi connectivity index (χ4v) is 6.29. The molecule has 1 aliphatic rings. The average molecular weight is 516 g/mol. The first-order valence-corrected chi connectivity index (χ1v) is 13.6. The van der Waals surface area contributed by atoms with E-state index < -0.39 is 22.2 Å². The molecule has 3 heterocycles. The molecule has 1 aromatic carbocycles. The number of rotatable bonds is 9. The summed E-state index contributed by atoms with van der Waals surface area (Å²) in [5, 5.41) is 0. The van der Waals surface area contributed by atoms with Crippen molar-refractivity contribution in [2.75, 3.05) is 20.7 Å². The van der Waals surface area contributed by atoms with Crippen LogP contribution in [0.4, 0.5) is 0 Å². The number of carbonyl (C=O) groups is 1. The Balaban J connectivity index is 1.41. The van der Waals surface area contributed by atoms with Gasteiger partial charge in [-0.1, -0.05) is 18.2 Å². The number of hydrogen-bond donors (Lipinski definition) is 1. The van der Waals surface area contributed by atoms with Crippen LogP contribution in [0, 0.1) is 0 Å². The van der Waals surface area contributed by atoms with Gasteiger partial charge >= 0.3 is 0 Å². The molecule has 8 nitrogen and oxygen atoms in total. The van der Waals surface area contributed by atoms with Gasteiger partial charge in [-0.3, -0.25) is 4.79 Å². The van der Waals surface area contributed by atoms with Gasteiger partial charge in [0.15, 0.2) is 6.29 Å². The topological polar surface area (TPSA) is 89.9 Å². The maximum atomic E-state index is 13.1. The second-order valence-corrected chi connectivity index (χ2v) is 11.7. The van der Waals surface area contributed by atoms with Crippen LogP contribution < -0.4 is 5.48 Å². The van der Waals surface area contributed by atoms with Crippen molar-refractivity contribution >= 4 is 33.3 Å². The number of ether oxygens (including phenoxy) is 1. The van der Waals surface area contributed by atoms with Crippen LogP contribution in [0.2, 0.25) is 0 Å². The second kappa shape index (κ2) is 11.3. The summed E-state index contributed by atoms with van der Waals surface area (Å²) >= 11 is 1.23. The van der Waals surface area contributed by atoms with E-state index in [2.05, 4.69) is 22.5 Å². The Bertz CT molecular complexity index is 1290. The molecule has 0 aliphatic carbocycles. The molecule has 1 atom stereocenters. The third kappa shape index (κ3) is 6.68. The molecule has 0 radical (unpaired) electrons. The molecule has 4 rings (SSSR count). The van der Waals surface area contributed by atoms with Crippen molar-refractivity contribution in [2.24, 2.45) is 0 Å². The summed E-state index contributed by atoms with van der Waals surface area (Å²) in [5.41, 5.74) is 5.06. The molecule has 1 fully saturated rings. The van der Waals surface area contributed by atoms with Gasteiger partial charge in [0.1, 0.15) is 4.21 Å². The van der Waals surface area contributed by atoms with Crippen molar-refractivity contribution in [3.05, 3.63) is 72.1 Å². The Hall–Kier alpha value is -2.76. The molecule has 186 valence electrons. The number of thiophene rings is 1. The van der Waals surface area contributed by atoms with Crippen molar-refractivity contribution in [1.82, 2.24) is 14.4 Å². The van der Waals surface area contributed by atoms with Crippen LogP contribution >= 0.6 is 11.3 Å². The van der Waals surface area contributed by atoms with Crippen LogP contribution in [0.1, 0.15) is 30.4 Å². The number of amides is 1. The zero-order chi connectivity index (χ0) is 24.8. The second-order valence-electron chi connectivity index (χ2n) is 8.55. The first-order valence-electron chi connectivity index (χ1n) is 11.3. The van der Waals surface area contributed by atoms with Gasteiger partial charge < -0.3 is 9.64 Å². The van der Waals surface area contributed by atoms with Gasteiger partial charge in [0.05, 0.1) is 0 Å². The van der Waals surface area contributed by atoms with Gasteiger partial charge in [-0.05, 0) is 74.0 Å². The molecule has 1 amide bonds. The number of hydroxylamine groups is 1. The van der Waals surface area contributed by atoms with E-state index in [0.29, 0.717) is 12.2 Å². The van der Waals surface area contributed by atoms with Crippen LogP contribution in [-0.4, -0.2) is 50.2 Å². The lowest BCUT2D eigenvalue weighted by atomic mass is 10.1. The predicted molar refractivity (Wildman–Crippen MR) is 136 cm³/mol. The molecule has 35 heavy (non-hydrogen) atoms. The minimum atomic E-state index is -3.75. The maximum absolute atomic E-state index is 13.1. The summed E-state index contributed by atoms with van der Waals surface area (Å²) in [5.74, 6) is -0.450. The van der Waals surface area contributed by atoms with Crippen molar-refractivity contribution in [3.63, 3.8) is 0 Å². The molecule has 10 heteroatoms. The molecule has 1 aliphatic heterocycles. The first-order chi connectivity index (χ1) is 16.8. The van der Waals surface area contributed by atoms with Gasteiger partial charge in [0.2, 0.25) is 0 Å². The van der Waals surface area contributed by atoms with Gasteiger partial charge in [0, 0.05) is 42.9 Å². The summed E-state index contributed by atoms with van der Waals surface area (Å²) in [6.45, 7) is 1.43. The number of nitrogens with one attached hydrogen (secondary N) is 1. The monoisotopic (exact) mass is 515 g/mol. The van der Waals surface area contributed by atoms with Crippen molar-refractivity contribution < 1.29 is 22.8 Å². The van der Waals surface area contributed by atoms with Crippen LogP contribution in [-0.2, 0) is 30.9 Å². The highest BCUT2D eigenvalue weighted by atomic mass is 32.2. The van der Waals surface area contributed by atoms with E-state index in [0.717, 1.165) is 45.8 Å². The van der Waals surface area contributed by atoms with Gasteiger partial charge in [-0.25, -0.2) is 14.3 Å². The van der Waals surface area contributed by atoms with E-state index in [9.17, 15) is 13.2 Å². The van der Waals surface area contributed by atoms with E-state index in [-0.39, 0.29) is 4.21 Å². The molecule has 1 unspecified atom stereocenters. The van der Waals surface area contributed by atoms with E-state index in [1.54, 1.807) is 12.1 Å². The summed E-state index contributed by atoms with van der Waals surface area (Å²) in [6.07, 6.45) is 8.05. The SMILES string of the molecule is CN(C)Cc1cccc(-c2ccc(S(=O)(=O)n3ccc(C=CC(=O)NOC4CCCCO4)c3)s2)c1. The molecule has 3 aromatic rings. The number of aromatic nitrogens is 1. The van der Waals surface area contributed by atoms with E-state index in [4.69, 9.17) is 9.57 Å². The number of benzene rings is 1. The summed E-state index contributed by atoms with van der Waals surface area (Å²) in [7, 11) is 0.273. The lowest BCUT2D eigenvalue weighted by Crippen LogP contribution is -2.32. The highest BCUT2D eigenvalue weighted by Crippen LogP contribution is 2.32. The summed E-state index contributed by atoms with van der Waals surface area (Å²) < 4.78 is 33.1. The number of nitrogens with zero attached hydrogens (tertiary/aromatic N) is 2. The molecule has 1 N–H and O–H groups in total. The lowest BCUT2D eigenvalue weighted by molar-refractivity contribution is -0.198. The largest absolute Gasteiger partial charge is 0.350 e. The Labute approximate surface area is 209 Å². The highest BCUT2D eigenvalue weighted by Gasteiger charge is 2.20. The van der Waals surface area contributed by atoms with E-state index in [1.165, 1.54) is 35.9 Å². The Morgan fingerprint density at radius 3 is 2.89 bits per heavy atom. The average Bonchev–Trinajstić information content (AvgIpc) is 3.53. The van der Waals surface area contributed by atoms with Crippen molar-refractivity contribution in [2.45, 2.75) is 36.3 Å². The first kappa shape index (κ1) is 25.3. The van der Waals surface area contributed by atoms with E-state index >= 15 is 0 Å². The van der Waals surface area contributed by atoms with Crippen LogP contribution in [0.5, 0.6) is 0 Å². The van der Waals surface area contributed by atoms with Crippen LogP contribution in [0.3, 0.4) is 0 Å². The Kier molecular flexibility index (Phi) is 8.19. The lowest BCUT2D eigenvalue weighted by Gasteiger charge is -2.21. The molecule has 2 aromatic heterocycles. The van der Waals surface area contributed by atoms with Crippen molar-refractivity contribution in [1.29, 1.82) is 0 Å². The normalized spacial score (nSPS) is 16.7. The smallest absolute Gasteiger partial charge is 0.277 e. The minimum absolute atomic E-state index is 0.246. The zero-order valence-electron chi connectivity index (χ0n) is 19.7. The third-order valence-electron chi connectivity index (χ3n) is 5.37. The highest BCUT2D eigenvalue weighted by molar-refractivity contribution is 7.92. The maximum Gasteiger partial charge on any atom is 0.277 e. The predicted octanol–water partition coefficient (Wildman–Crippen LogP) is 4.10. The molecular weight excluding hydrogens is 486 g/mol. The quantitative estimate of drug-likeness (QED) is 0.341. The molecular formula is C25H29N3O5S2. The number of hydrogen-bond acceptors (Lipinski definition) is 7. The third-order valence-corrected chi connectivity index (χ3v) is 8.61. The minimum Gasteiger partial charge on any atom is -0.350 e. The fourth-order valence-electron chi connectivity index (χ4n) is 3.68. The molecule has 1 saturated heterocycles. The van der Waals surface area contributed by atoms with Gasteiger partial charge in [0.25, 0.3) is 15.9 Å². The van der Waals surface area contributed by atoms with Crippen LogP contribution in [0.25, 0.3) is 16.5 Å². The zero-order valence-corrected chi connectivity index (χ0v) is 21.3. The molecule has 0 saturated carbocycles. The van der Waals surface area contributed by atoms with Gasteiger partial charge in [-0.15, -0.1) is 11.3 Å². The summed E-state index contributed by atoms with van der Waals surface area (Å²) in [4.78, 5) is 20.2. The fraction of sp³-hybridized carbons (Fsp3) is 0.320. The van der Waals surface area contributed by atoms with Gasteiger partial charge in [-0.2, -0.15) is 8.42 Å². The Morgan fingerprint density at radius 2 is 2.11 bits per heavy atom.